The molecular weight excluding hydrogens is 492 g/mol. The van der Waals surface area contributed by atoms with Crippen molar-refractivity contribution in [2.75, 3.05) is 40.6 Å². The van der Waals surface area contributed by atoms with Crippen molar-refractivity contribution in [1.82, 2.24) is 0 Å². The van der Waals surface area contributed by atoms with Crippen molar-refractivity contribution in [3.63, 3.8) is 0 Å². The van der Waals surface area contributed by atoms with Gasteiger partial charge in [-0.15, -0.1) is 0 Å². The molecule has 204 valence electrons. The van der Waals surface area contributed by atoms with Crippen LogP contribution in [-0.2, 0) is 23.8 Å². The van der Waals surface area contributed by atoms with Gasteiger partial charge in [0, 0.05) is 19.3 Å². The van der Waals surface area contributed by atoms with Gasteiger partial charge in [-0.3, -0.25) is 0 Å². The highest BCUT2D eigenvalue weighted by Crippen LogP contribution is 2.29. The summed E-state index contributed by atoms with van der Waals surface area (Å²) in [7, 11) is 2.98. The highest BCUT2D eigenvalue weighted by Gasteiger charge is 2.13. The van der Waals surface area contributed by atoms with E-state index in [0.29, 0.717) is 42.4 Å². The Kier molecular flexibility index (Phi) is 13.8. The molecule has 0 atom stereocenters. The van der Waals surface area contributed by atoms with E-state index in [1.165, 1.54) is 20.3 Å². The van der Waals surface area contributed by atoms with E-state index in [4.69, 9.17) is 28.4 Å². The topological polar surface area (TPSA) is 107 Å². The Morgan fingerprint density at radius 1 is 0.789 bits per heavy atom. The Labute approximate surface area is 222 Å². The maximum atomic E-state index is 12.6. The summed E-state index contributed by atoms with van der Waals surface area (Å²) < 4.78 is 31.3. The average Bonchev–Trinajstić information content (AvgIpc) is 2.94. The third-order valence-corrected chi connectivity index (χ3v) is 5.14. The number of carbonyl (C=O) groups excluding carboxylic acids is 3. The molecule has 0 amide bonds. The predicted molar refractivity (Wildman–Crippen MR) is 141 cm³/mol. The lowest BCUT2D eigenvalue weighted by Crippen LogP contribution is -2.09. The van der Waals surface area contributed by atoms with Crippen LogP contribution < -0.4 is 14.2 Å². The minimum absolute atomic E-state index is 0.170. The molecule has 0 aliphatic rings. The van der Waals surface area contributed by atoms with Crippen LogP contribution in [-0.4, -0.2) is 58.6 Å². The number of hydrogen-bond acceptors (Lipinski definition) is 9. The molecule has 9 heteroatoms. The second-order valence-corrected chi connectivity index (χ2v) is 7.95. The molecule has 0 spiro atoms. The van der Waals surface area contributed by atoms with Crippen molar-refractivity contribution < 1.29 is 42.8 Å². The molecule has 0 N–H and O–H groups in total. The van der Waals surface area contributed by atoms with Crippen LogP contribution in [0, 0.1) is 0 Å². The van der Waals surface area contributed by atoms with Crippen molar-refractivity contribution in [2.45, 2.75) is 25.7 Å². The van der Waals surface area contributed by atoms with E-state index >= 15 is 0 Å². The van der Waals surface area contributed by atoms with E-state index in [1.807, 2.05) is 0 Å². The van der Waals surface area contributed by atoms with Gasteiger partial charge in [0.15, 0.2) is 11.5 Å². The SMILES string of the molecule is C=CC(=O)OCCCCCCOc1ccc(C(=O)Oc2ccc(C=CC(=O)OCCOC)cc2OC)cc1. The molecule has 0 saturated heterocycles. The first-order valence-corrected chi connectivity index (χ1v) is 12.2. The molecule has 0 aliphatic carbocycles. The van der Waals surface area contributed by atoms with Gasteiger partial charge in [-0.05, 0) is 73.7 Å². The lowest BCUT2D eigenvalue weighted by molar-refractivity contribution is -0.139. The van der Waals surface area contributed by atoms with Gasteiger partial charge in [-0.2, -0.15) is 0 Å². The van der Waals surface area contributed by atoms with Gasteiger partial charge in [-0.25, -0.2) is 14.4 Å². The van der Waals surface area contributed by atoms with Gasteiger partial charge >= 0.3 is 17.9 Å². The fourth-order valence-corrected chi connectivity index (χ4v) is 3.14. The van der Waals surface area contributed by atoms with Crippen LogP contribution in [0.2, 0.25) is 0 Å². The monoisotopic (exact) mass is 526 g/mol. The van der Waals surface area contributed by atoms with Crippen LogP contribution in [0.15, 0.2) is 61.2 Å². The quantitative estimate of drug-likeness (QED) is 0.124. The molecule has 0 bridgehead atoms. The number of benzene rings is 2. The highest BCUT2D eigenvalue weighted by atomic mass is 16.6. The van der Waals surface area contributed by atoms with Gasteiger partial charge in [0.2, 0.25) is 0 Å². The number of hydrogen-bond donors (Lipinski definition) is 0. The van der Waals surface area contributed by atoms with Crippen molar-refractivity contribution in [3.8, 4) is 17.2 Å². The zero-order chi connectivity index (χ0) is 27.6. The Balaban J connectivity index is 1.79. The Bertz CT molecular complexity index is 1070. The summed E-state index contributed by atoms with van der Waals surface area (Å²) >= 11 is 0. The first-order chi connectivity index (χ1) is 18.5. The Morgan fingerprint density at radius 2 is 1.50 bits per heavy atom. The van der Waals surface area contributed by atoms with Crippen molar-refractivity contribution in [3.05, 3.63) is 72.3 Å². The van der Waals surface area contributed by atoms with Crippen LogP contribution >= 0.6 is 0 Å². The molecule has 0 fully saturated rings. The second kappa shape index (κ2) is 17.4. The predicted octanol–water partition coefficient (Wildman–Crippen LogP) is 4.79. The summed E-state index contributed by atoms with van der Waals surface area (Å²) in [6, 6.07) is 11.6. The van der Waals surface area contributed by atoms with E-state index in [1.54, 1.807) is 48.5 Å². The zero-order valence-electron chi connectivity index (χ0n) is 21.8. The first kappa shape index (κ1) is 30.1. The van der Waals surface area contributed by atoms with Crippen molar-refractivity contribution >= 4 is 24.0 Å². The minimum Gasteiger partial charge on any atom is -0.494 e. The molecule has 0 aromatic heterocycles. The normalized spacial score (nSPS) is 10.6. The molecular formula is C29H34O9. The number of carbonyl (C=O) groups is 3. The molecule has 2 aromatic carbocycles. The number of rotatable bonds is 17. The van der Waals surface area contributed by atoms with Crippen LogP contribution in [0.5, 0.6) is 17.2 Å². The summed E-state index contributed by atoms with van der Waals surface area (Å²) in [5.41, 5.74) is 1.03. The second-order valence-electron chi connectivity index (χ2n) is 7.95. The lowest BCUT2D eigenvalue weighted by atomic mass is 10.2. The van der Waals surface area contributed by atoms with Crippen LogP contribution in [0.4, 0.5) is 0 Å². The molecule has 38 heavy (non-hydrogen) atoms. The van der Waals surface area contributed by atoms with E-state index in [2.05, 4.69) is 6.58 Å². The Morgan fingerprint density at radius 3 is 2.18 bits per heavy atom. The lowest BCUT2D eigenvalue weighted by Gasteiger charge is -2.11. The molecule has 9 nitrogen and oxygen atoms in total. The average molecular weight is 527 g/mol. The van der Waals surface area contributed by atoms with Crippen LogP contribution in [0.3, 0.4) is 0 Å². The number of methoxy groups -OCH3 is 2. The van der Waals surface area contributed by atoms with Gasteiger partial charge in [-0.1, -0.05) is 12.6 Å². The standard InChI is InChI=1S/C29H34O9/c1-4-27(30)36-18-8-6-5-7-17-35-24-13-11-23(12-14-24)29(32)38-25-15-9-22(21-26(25)34-3)10-16-28(31)37-20-19-33-2/h4,9-16,21H,1,5-8,17-20H2,2-3H3. The molecule has 0 saturated carbocycles. The van der Waals surface area contributed by atoms with E-state index in [0.717, 1.165) is 31.8 Å². The fraction of sp³-hybridized carbons (Fsp3) is 0.345. The van der Waals surface area contributed by atoms with Gasteiger partial charge in [0.05, 0.1) is 32.5 Å². The van der Waals surface area contributed by atoms with Gasteiger partial charge in [0.25, 0.3) is 0 Å². The van der Waals surface area contributed by atoms with E-state index in [-0.39, 0.29) is 12.4 Å². The van der Waals surface area contributed by atoms with Crippen molar-refractivity contribution in [1.29, 1.82) is 0 Å². The van der Waals surface area contributed by atoms with Gasteiger partial charge in [0.1, 0.15) is 12.4 Å². The highest BCUT2D eigenvalue weighted by molar-refractivity contribution is 5.91. The number of unbranched alkanes of at least 4 members (excludes halogenated alkanes) is 3. The third kappa shape index (κ3) is 11.3. The van der Waals surface area contributed by atoms with Crippen LogP contribution in [0.1, 0.15) is 41.6 Å². The Hall–Kier alpha value is -4.11. The summed E-state index contributed by atoms with van der Waals surface area (Å²) in [6.07, 6.45) is 7.56. The molecule has 0 unspecified atom stereocenters. The summed E-state index contributed by atoms with van der Waals surface area (Å²) in [5, 5.41) is 0. The largest absolute Gasteiger partial charge is 0.494 e. The fourth-order valence-electron chi connectivity index (χ4n) is 3.14. The maximum absolute atomic E-state index is 12.6. The smallest absolute Gasteiger partial charge is 0.343 e. The molecule has 2 aromatic rings. The summed E-state index contributed by atoms with van der Waals surface area (Å²) in [6.45, 7) is 4.78. The number of esters is 3. The van der Waals surface area contributed by atoms with E-state index < -0.39 is 17.9 Å². The zero-order valence-corrected chi connectivity index (χ0v) is 21.8. The maximum Gasteiger partial charge on any atom is 0.343 e. The van der Waals surface area contributed by atoms with E-state index in [9.17, 15) is 14.4 Å². The molecule has 0 radical (unpaired) electrons. The number of ether oxygens (including phenoxy) is 6. The summed E-state index contributed by atoms with van der Waals surface area (Å²) in [5.74, 6) is -0.204. The minimum atomic E-state index is -0.544. The summed E-state index contributed by atoms with van der Waals surface area (Å²) in [4.78, 5) is 35.3. The van der Waals surface area contributed by atoms with Gasteiger partial charge < -0.3 is 28.4 Å². The molecule has 2 rings (SSSR count). The first-order valence-electron chi connectivity index (χ1n) is 12.2. The van der Waals surface area contributed by atoms with Crippen LogP contribution in [0.25, 0.3) is 6.08 Å². The molecule has 0 heterocycles. The van der Waals surface area contributed by atoms with Crippen molar-refractivity contribution in [2.24, 2.45) is 0 Å². The molecule has 0 aliphatic heterocycles. The third-order valence-electron chi connectivity index (χ3n) is 5.14.